The summed E-state index contributed by atoms with van der Waals surface area (Å²) in [5, 5.41) is 25.0. The van der Waals surface area contributed by atoms with E-state index in [4.69, 9.17) is 21.4 Å². The molecule has 1 aliphatic rings. The Balaban J connectivity index is 1.43. The number of hydrogen-bond acceptors (Lipinski definition) is 6. The molecule has 1 aromatic heterocycles. The Kier molecular flexibility index (Phi) is 11.4. The lowest BCUT2D eigenvalue weighted by atomic mass is 10.0. The molecule has 3 atom stereocenters. The number of aliphatic hydroxyl groups excluding tert-OH is 1. The van der Waals surface area contributed by atoms with Crippen LogP contribution in [0.1, 0.15) is 61.1 Å². The van der Waals surface area contributed by atoms with Crippen LogP contribution in [0.3, 0.4) is 0 Å². The van der Waals surface area contributed by atoms with Crippen LogP contribution >= 0.6 is 22.9 Å². The summed E-state index contributed by atoms with van der Waals surface area (Å²) in [6.07, 6.45) is 4.47. The van der Waals surface area contributed by atoms with Crippen molar-refractivity contribution in [3.05, 3.63) is 56.5 Å². The first-order valence-corrected chi connectivity index (χ1v) is 13.6. The standard InChI is InChI=1S/C26H36ClFN2O4S/c1-2-4-24(26-19(10-12-35-26)7-9-25(32)33)34-16-21(31)15-29-17-30-11-3-5-20(30)13-18-6-8-22(27)23(28)14-18/h6,8,10,12,14,20-21,24,29,31H,2-5,7,9,11,13,15-17H2,1H3,(H,32,33)/t20-,21?,24?/m0/s1. The number of nitrogens with zero attached hydrogens (tertiary/aromatic N) is 1. The van der Waals surface area contributed by atoms with Gasteiger partial charge in [-0.15, -0.1) is 11.3 Å². The molecule has 0 aliphatic carbocycles. The molecule has 0 saturated carbocycles. The SMILES string of the molecule is CCCC(OCC(O)CNCN1CCC[C@H]1Cc1ccc(Cl)c(F)c1)c1sccc1CCC(=O)O. The molecule has 6 nitrogen and oxygen atoms in total. The van der Waals surface area contributed by atoms with Gasteiger partial charge >= 0.3 is 5.97 Å². The minimum Gasteiger partial charge on any atom is -0.481 e. The number of ether oxygens (including phenoxy) is 1. The fourth-order valence-corrected chi connectivity index (χ4v) is 5.72. The van der Waals surface area contributed by atoms with E-state index in [1.807, 2.05) is 17.5 Å². The van der Waals surface area contributed by atoms with Gasteiger partial charge in [-0.05, 0) is 73.4 Å². The molecule has 2 heterocycles. The minimum atomic E-state index is -0.808. The van der Waals surface area contributed by atoms with E-state index in [0.717, 1.165) is 54.7 Å². The number of benzene rings is 1. The summed E-state index contributed by atoms with van der Waals surface area (Å²) < 4.78 is 19.9. The zero-order chi connectivity index (χ0) is 25.2. The lowest BCUT2D eigenvalue weighted by Crippen LogP contribution is -2.42. The summed E-state index contributed by atoms with van der Waals surface area (Å²) in [6.45, 7) is 4.33. The van der Waals surface area contributed by atoms with Crippen molar-refractivity contribution in [3.63, 3.8) is 0 Å². The Labute approximate surface area is 216 Å². The molecule has 1 aromatic carbocycles. The zero-order valence-corrected chi connectivity index (χ0v) is 21.8. The zero-order valence-electron chi connectivity index (χ0n) is 20.2. The Bertz CT molecular complexity index is 944. The van der Waals surface area contributed by atoms with Crippen LogP contribution in [-0.4, -0.2) is 59.6 Å². The van der Waals surface area contributed by atoms with Gasteiger partial charge in [0.1, 0.15) is 5.82 Å². The molecule has 35 heavy (non-hydrogen) atoms. The predicted octanol–water partition coefficient (Wildman–Crippen LogP) is 5.03. The van der Waals surface area contributed by atoms with Crippen molar-refractivity contribution in [2.45, 2.75) is 70.1 Å². The van der Waals surface area contributed by atoms with Crippen LogP contribution in [0.5, 0.6) is 0 Å². The van der Waals surface area contributed by atoms with Gasteiger partial charge in [-0.25, -0.2) is 4.39 Å². The van der Waals surface area contributed by atoms with E-state index < -0.39 is 12.1 Å². The summed E-state index contributed by atoms with van der Waals surface area (Å²) in [6, 6.07) is 7.30. The predicted molar refractivity (Wildman–Crippen MR) is 138 cm³/mol. The molecule has 194 valence electrons. The molecule has 1 fully saturated rings. The molecular formula is C26H36ClFN2O4S. The molecule has 9 heteroatoms. The number of rotatable bonds is 15. The van der Waals surface area contributed by atoms with Crippen molar-refractivity contribution in [1.29, 1.82) is 0 Å². The highest BCUT2D eigenvalue weighted by Crippen LogP contribution is 2.32. The van der Waals surface area contributed by atoms with Crippen LogP contribution in [-0.2, 0) is 22.4 Å². The lowest BCUT2D eigenvalue weighted by molar-refractivity contribution is -0.136. The third-order valence-corrected chi connectivity index (χ3v) is 7.73. The van der Waals surface area contributed by atoms with Crippen LogP contribution in [0.4, 0.5) is 4.39 Å². The molecule has 1 aliphatic heterocycles. The molecule has 0 bridgehead atoms. The van der Waals surface area contributed by atoms with Gasteiger partial charge in [0, 0.05) is 30.6 Å². The molecule has 3 rings (SSSR count). The molecule has 0 spiro atoms. The van der Waals surface area contributed by atoms with E-state index in [2.05, 4.69) is 17.1 Å². The topological polar surface area (TPSA) is 82.0 Å². The van der Waals surface area contributed by atoms with E-state index in [1.54, 1.807) is 17.4 Å². The van der Waals surface area contributed by atoms with E-state index in [-0.39, 0.29) is 30.0 Å². The number of carboxylic acids is 1. The van der Waals surface area contributed by atoms with Crippen LogP contribution < -0.4 is 5.32 Å². The van der Waals surface area contributed by atoms with E-state index >= 15 is 0 Å². The number of aliphatic carboxylic acids is 1. The number of aryl methyl sites for hydroxylation is 1. The van der Waals surface area contributed by atoms with Crippen molar-refractivity contribution in [3.8, 4) is 0 Å². The monoisotopic (exact) mass is 526 g/mol. The Hall–Kier alpha value is -1.55. The summed E-state index contributed by atoms with van der Waals surface area (Å²) in [4.78, 5) is 14.4. The van der Waals surface area contributed by atoms with Crippen LogP contribution in [0.15, 0.2) is 29.6 Å². The third kappa shape index (κ3) is 8.81. The van der Waals surface area contributed by atoms with Crippen LogP contribution in [0.2, 0.25) is 5.02 Å². The molecule has 2 aromatic rings. The number of hydrogen-bond donors (Lipinski definition) is 3. The van der Waals surface area contributed by atoms with Gasteiger partial charge in [0.05, 0.1) is 23.8 Å². The highest BCUT2D eigenvalue weighted by molar-refractivity contribution is 7.10. The van der Waals surface area contributed by atoms with Crippen molar-refractivity contribution in [1.82, 2.24) is 10.2 Å². The average Bonchev–Trinajstić information content (AvgIpc) is 3.47. The Morgan fingerprint density at radius 1 is 1.40 bits per heavy atom. The lowest BCUT2D eigenvalue weighted by Gasteiger charge is -2.26. The summed E-state index contributed by atoms with van der Waals surface area (Å²) >= 11 is 7.38. The number of likely N-dealkylation sites (tertiary alicyclic amines) is 1. The maximum absolute atomic E-state index is 13.8. The van der Waals surface area contributed by atoms with Gasteiger partial charge in [0.25, 0.3) is 0 Å². The van der Waals surface area contributed by atoms with E-state index in [0.29, 0.717) is 25.7 Å². The normalized spacial score (nSPS) is 18.1. The Morgan fingerprint density at radius 2 is 2.23 bits per heavy atom. The quantitative estimate of drug-likeness (QED) is 0.302. The molecule has 2 unspecified atom stereocenters. The second kappa shape index (κ2) is 14.3. The van der Waals surface area contributed by atoms with Gasteiger partial charge in [0.2, 0.25) is 0 Å². The highest BCUT2D eigenvalue weighted by atomic mass is 35.5. The first kappa shape index (κ1) is 28.0. The Morgan fingerprint density at radius 3 is 2.97 bits per heavy atom. The van der Waals surface area contributed by atoms with Crippen molar-refractivity contribution in [2.24, 2.45) is 0 Å². The van der Waals surface area contributed by atoms with E-state index in [1.165, 1.54) is 6.07 Å². The molecule has 1 saturated heterocycles. The first-order chi connectivity index (χ1) is 16.9. The van der Waals surface area contributed by atoms with Crippen molar-refractivity contribution >= 4 is 28.9 Å². The minimum absolute atomic E-state index is 0.0968. The summed E-state index contributed by atoms with van der Waals surface area (Å²) in [5.74, 6) is -1.19. The first-order valence-electron chi connectivity index (χ1n) is 12.3. The molecule has 0 radical (unpaired) electrons. The molecule has 0 amide bonds. The largest absolute Gasteiger partial charge is 0.481 e. The number of halogens is 2. The smallest absolute Gasteiger partial charge is 0.303 e. The molecular weight excluding hydrogens is 491 g/mol. The highest BCUT2D eigenvalue weighted by Gasteiger charge is 2.25. The number of thiophene rings is 1. The van der Waals surface area contributed by atoms with Gasteiger partial charge < -0.3 is 20.3 Å². The number of aliphatic hydroxyl groups is 1. The van der Waals surface area contributed by atoms with Crippen LogP contribution in [0, 0.1) is 5.82 Å². The fraction of sp³-hybridized carbons (Fsp3) is 0.577. The average molecular weight is 527 g/mol. The summed E-state index contributed by atoms with van der Waals surface area (Å²) in [5.41, 5.74) is 1.96. The summed E-state index contributed by atoms with van der Waals surface area (Å²) in [7, 11) is 0. The number of carbonyl (C=O) groups is 1. The second-order valence-electron chi connectivity index (χ2n) is 9.14. The number of carboxylic acid groups (broad SMARTS) is 1. The third-order valence-electron chi connectivity index (χ3n) is 6.37. The van der Waals surface area contributed by atoms with Gasteiger partial charge in [0.15, 0.2) is 0 Å². The van der Waals surface area contributed by atoms with Crippen LogP contribution in [0.25, 0.3) is 0 Å². The van der Waals surface area contributed by atoms with Gasteiger partial charge in [-0.2, -0.15) is 0 Å². The fourth-order valence-electron chi connectivity index (χ4n) is 4.56. The van der Waals surface area contributed by atoms with Gasteiger partial charge in [-0.3, -0.25) is 9.69 Å². The van der Waals surface area contributed by atoms with E-state index in [9.17, 15) is 14.3 Å². The number of nitrogens with one attached hydrogen (secondary N) is 1. The van der Waals surface area contributed by atoms with Crippen molar-refractivity contribution in [2.75, 3.05) is 26.4 Å². The maximum Gasteiger partial charge on any atom is 0.303 e. The molecule has 3 N–H and O–H groups in total. The van der Waals surface area contributed by atoms with Gasteiger partial charge in [-0.1, -0.05) is 31.0 Å². The second-order valence-corrected chi connectivity index (χ2v) is 10.5. The maximum atomic E-state index is 13.8. The van der Waals surface area contributed by atoms with Crippen molar-refractivity contribution < 1.29 is 24.1 Å².